The van der Waals surface area contributed by atoms with Gasteiger partial charge in [0.1, 0.15) is 17.7 Å². The predicted octanol–water partition coefficient (Wildman–Crippen LogP) is 4.58. The Morgan fingerprint density at radius 2 is 1.83 bits per heavy atom. The van der Waals surface area contributed by atoms with Crippen molar-refractivity contribution in [2.75, 3.05) is 13.1 Å². The molecule has 0 spiro atoms. The lowest BCUT2D eigenvalue weighted by Gasteiger charge is -2.34. The molecule has 0 aliphatic heterocycles. The fraction of sp³-hybridized carbons (Fsp3) is 0.536. The standard InChI is InChI=1S/C28H41N3O4/c1-9-12-17-29-25(32)24(22-15-13-21(11-3)14-16-22)31(18-10-2)26(33)23(19-20(4)5)30-27(34)35-28(6,7)8/h3,10,13-16,20,23-24H,2,9,12,17-19H2,1,4-8H3,(H,29,32)(H,30,34). The van der Waals surface area contributed by atoms with E-state index in [1.807, 2.05) is 20.8 Å². The van der Waals surface area contributed by atoms with Gasteiger partial charge in [0.05, 0.1) is 0 Å². The van der Waals surface area contributed by atoms with Crippen molar-refractivity contribution >= 4 is 17.9 Å². The van der Waals surface area contributed by atoms with E-state index in [-0.39, 0.29) is 24.3 Å². The molecule has 2 atom stereocenters. The third-order valence-electron chi connectivity index (χ3n) is 5.09. The lowest BCUT2D eigenvalue weighted by Crippen LogP contribution is -2.53. The van der Waals surface area contributed by atoms with Gasteiger partial charge in [-0.3, -0.25) is 9.59 Å². The minimum Gasteiger partial charge on any atom is -0.444 e. The summed E-state index contributed by atoms with van der Waals surface area (Å²) in [6, 6.07) is 5.19. The lowest BCUT2D eigenvalue weighted by atomic mass is 9.98. The van der Waals surface area contributed by atoms with Crippen LogP contribution in [0.2, 0.25) is 0 Å². The summed E-state index contributed by atoms with van der Waals surface area (Å²) in [5.74, 6) is 1.98. The van der Waals surface area contributed by atoms with Crippen molar-refractivity contribution in [3.63, 3.8) is 0 Å². The highest BCUT2D eigenvalue weighted by atomic mass is 16.6. The number of terminal acetylenes is 1. The van der Waals surface area contributed by atoms with E-state index in [0.717, 1.165) is 12.8 Å². The molecule has 0 saturated heterocycles. The number of hydrogen-bond acceptors (Lipinski definition) is 4. The van der Waals surface area contributed by atoms with Crippen LogP contribution in [0, 0.1) is 18.3 Å². The van der Waals surface area contributed by atoms with Gasteiger partial charge in [-0.25, -0.2) is 4.79 Å². The number of alkyl carbamates (subject to hydrolysis) is 1. The van der Waals surface area contributed by atoms with Crippen molar-refractivity contribution in [3.8, 4) is 12.3 Å². The molecular weight excluding hydrogens is 442 g/mol. The summed E-state index contributed by atoms with van der Waals surface area (Å²) >= 11 is 0. The molecule has 192 valence electrons. The molecule has 1 aromatic carbocycles. The number of nitrogens with zero attached hydrogens (tertiary/aromatic N) is 1. The average Bonchev–Trinajstić information content (AvgIpc) is 2.77. The molecule has 3 amide bonds. The molecule has 7 heteroatoms. The number of ether oxygens (including phenoxy) is 1. The van der Waals surface area contributed by atoms with Crippen LogP contribution in [0.25, 0.3) is 0 Å². The molecule has 0 fully saturated rings. The van der Waals surface area contributed by atoms with Crippen LogP contribution in [-0.2, 0) is 14.3 Å². The Hall–Kier alpha value is -3.27. The van der Waals surface area contributed by atoms with Crippen LogP contribution < -0.4 is 10.6 Å². The van der Waals surface area contributed by atoms with Gasteiger partial charge >= 0.3 is 6.09 Å². The molecule has 2 unspecified atom stereocenters. The zero-order chi connectivity index (χ0) is 26.6. The van der Waals surface area contributed by atoms with Crippen molar-refractivity contribution in [1.29, 1.82) is 0 Å². The molecule has 0 aromatic heterocycles. The fourth-order valence-electron chi connectivity index (χ4n) is 3.52. The normalized spacial score (nSPS) is 12.7. The first kappa shape index (κ1) is 29.8. The van der Waals surface area contributed by atoms with Crippen LogP contribution in [-0.4, -0.2) is 47.5 Å². The first-order chi connectivity index (χ1) is 16.4. The maximum Gasteiger partial charge on any atom is 0.408 e. The minimum atomic E-state index is -0.917. The van der Waals surface area contributed by atoms with Crippen LogP contribution in [0.1, 0.15) is 78.0 Å². The fourth-order valence-corrected chi connectivity index (χ4v) is 3.52. The van der Waals surface area contributed by atoms with E-state index in [1.165, 1.54) is 4.90 Å². The maximum atomic E-state index is 13.8. The second kappa shape index (κ2) is 14.2. The third kappa shape index (κ3) is 10.3. The van der Waals surface area contributed by atoms with Crippen LogP contribution >= 0.6 is 0 Å². The van der Waals surface area contributed by atoms with Crippen LogP contribution in [0.4, 0.5) is 4.79 Å². The van der Waals surface area contributed by atoms with E-state index in [0.29, 0.717) is 24.1 Å². The smallest absolute Gasteiger partial charge is 0.408 e. The summed E-state index contributed by atoms with van der Waals surface area (Å²) in [5, 5.41) is 5.65. The van der Waals surface area contributed by atoms with E-state index >= 15 is 0 Å². The first-order valence-electron chi connectivity index (χ1n) is 12.2. The number of hydrogen-bond donors (Lipinski definition) is 2. The summed E-state index contributed by atoms with van der Waals surface area (Å²) < 4.78 is 5.38. The number of amides is 3. The van der Waals surface area contributed by atoms with Crippen molar-refractivity contribution in [2.24, 2.45) is 5.92 Å². The quantitative estimate of drug-likeness (QED) is 0.259. The van der Waals surface area contributed by atoms with Gasteiger partial charge in [0, 0.05) is 18.7 Å². The number of carbonyl (C=O) groups is 3. The van der Waals surface area contributed by atoms with Crippen LogP contribution in [0.15, 0.2) is 36.9 Å². The topological polar surface area (TPSA) is 87.7 Å². The zero-order valence-electron chi connectivity index (χ0n) is 22.0. The summed E-state index contributed by atoms with van der Waals surface area (Å²) in [6.45, 7) is 15.6. The van der Waals surface area contributed by atoms with Gasteiger partial charge in [-0.05, 0) is 57.2 Å². The largest absolute Gasteiger partial charge is 0.444 e. The second-order valence-electron chi connectivity index (χ2n) is 9.92. The molecule has 0 radical (unpaired) electrons. The SMILES string of the molecule is C#Cc1ccc(C(C(=O)NCCCC)N(CC=C)C(=O)C(CC(C)C)NC(=O)OC(C)(C)C)cc1. The summed E-state index contributed by atoms with van der Waals surface area (Å²) in [4.78, 5) is 41.2. The first-order valence-corrected chi connectivity index (χ1v) is 12.2. The summed E-state index contributed by atoms with van der Waals surface area (Å²) in [6.07, 6.45) is 8.50. The highest BCUT2D eigenvalue weighted by Crippen LogP contribution is 2.24. The van der Waals surface area contributed by atoms with Crippen molar-refractivity contribution in [1.82, 2.24) is 15.5 Å². The van der Waals surface area contributed by atoms with E-state index in [2.05, 4.69) is 23.1 Å². The van der Waals surface area contributed by atoms with Crippen molar-refractivity contribution < 1.29 is 19.1 Å². The Labute approximate surface area is 210 Å². The molecule has 7 nitrogen and oxygen atoms in total. The van der Waals surface area contributed by atoms with E-state index in [9.17, 15) is 14.4 Å². The van der Waals surface area contributed by atoms with Gasteiger partial charge < -0.3 is 20.3 Å². The Kier molecular flexibility index (Phi) is 12.1. The molecule has 1 aromatic rings. The molecule has 2 N–H and O–H groups in total. The van der Waals surface area contributed by atoms with Gasteiger partial charge in [0.25, 0.3) is 0 Å². The summed E-state index contributed by atoms with van der Waals surface area (Å²) in [5.41, 5.74) is 0.579. The molecule has 0 heterocycles. The van der Waals surface area contributed by atoms with Gasteiger partial charge in [-0.2, -0.15) is 0 Å². The van der Waals surface area contributed by atoms with Crippen molar-refractivity contribution in [2.45, 2.75) is 78.5 Å². The Morgan fingerprint density at radius 1 is 1.20 bits per heavy atom. The Bertz CT molecular complexity index is 894. The average molecular weight is 484 g/mol. The van der Waals surface area contributed by atoms with Gasteiger partial charge in [0.2, 0.25) is 11.8 Å². The number of benzene rings is 1. The highest BCUT2D eigenvalue weighted by molar-refractivity contribution is 5.92. The van der Waals surface area contributed by atoms with Gasteiger partial charge in [0.15, 0.2) is 0 Å². The second-order valence-corrected chi connectivity index (χ2v) is 9.92. The molecule has 0 bridgehead atoms. The van der Waals surface area contributed by atoms with Gasteiger partial charge in [-0.1, -0.05) is 51.3 Å². The maximum absolute atomic E-state index is 13.8. The number of nitrogens with one attached hydrogen (secondary N) is 2. The number of rotatable bonds is 12. The van der Waals surface area contributed by atoms with E-state index < -0.39 is 23.8 Å². The third-order valence-corrected chi connectivity index (χ3v) is 5.09. The molecule has 0 aliphatic rings. The molecule has 0 saturated carbocycles. The monoisotopic (exact) mass is 483 g/mol. The van der Waals surface area contributed by atoms with Crippen LogP contribution in [0.5, 0.6) is 0 Å². The van der Waals surface area contributed by atoms with E-state index in [1.54, 1.807) is 51.1 Å². The number of carbonyl (C=O) groups excluding carboxylic acids is 3. The summed E-state index contributed by atoms with van der Waals surface area (Å²) in [7, 11) is 0. The minimum absolute atomic E-state index is 0.108. The number of unbranched alkanes of at least 4 members (excludes halogenated alkanes) is 1. The lowest BCUT2D eigenvalue weighted by molar-refractivity contribution is -0.142. The zero-order valence-corrected chi connectivity index (χ0v) is 22.0. The van der Waals surface area contributed by atoms with Crippen LogP contribution in [0.3, 0.4) is 0 Å². The van der Waals surface area contributed by atoms with Gasteiger partial charge in [-0.15, -0.1) is 13.0 Å². The Balaban J connectivity index is 3.40. The van der Waals surface area contributed by atoms with Crippen molar-refractivity contribution in [3.05, 3.63) is 48.0 Å². The molecule has 0 aliphatic carbocycles. The molecule has 35 heavy (non-hydrogen) atoms. The molecule has 1 rings (SSSR count). The molecular formula is C28H41N3O4. The Morgan fingerprint density at radius 3 is 2.31 bits per heavy atom. The van der Waals surface area contributed by atoms with E-state index in [4.69, 9.17) is 11.2 Å². The predicted molar refractivity (Wildman–Crippen MR) is 140 cm³/mol. The highest BCUT2D eigenvalue weighted by Gasteiger charge is 2.36.